The van der Waals surface area contributed by atoms with E-state index >= 15 is 0 Å². The minimum absolute atomic E-state index is 0.0713. The quantitative estimate of drug-likeness (QED) is 0.752. The summed E-state index contributed by atoms with van der Waals surface area (Å²) in [6.45, 7) is 8.38. The second kappa shape index (κ2) is 5.38. The largest absolute Gasteiger partial charge is 0.477 e. The van der Waals surface area contributed by atoms with Crippen molar-refractivity contribution in [3.05, 3.63) is 41.0 Å². The van der Waals surface area contributed by atoms with E-state index in [-0.39, 0.29) is 5.54 Å². The summed E-state index contributed by atoms with van der Waals surface area (Å²) in [5, 5.41) is 12.6. The Hall–Kier alpha value is -2.34. The Morgan fingerprint density at radius 1 is 1.30 bits per heavy atom. The number of aryl methyl sites for hydroxylation is 1. The minimum Gasteiger partial charge on any atom is -0.477 e. The van der Waals surface area contributed by atoms with Gasteiger partial charge in [-0.25, -0.2) is 9.78 Å². The van der Waals surface area contributed by atoms with Gasteiger partial charge in [0.1, 0.15) is 4.88 Å². The molecule has 0 saturated carbocycles. The summed E-state index contributed by atoms with van der Waals surface area (Å²) < 4.78 is 1.97. The van der Waals surface area contributed by atoms with Crippen LogP contribution in [-0.4, -0.2) is 26.0 Å². The third-order valence-corrected chi connectivity index (χ3v) is 4.50. The predicted octanol–water partition coefficient (Wildman–Crippen LogP) is 4.28. The number of fused-ring (bicyclic) bond motifs is 1. The number of hydrogen-bond donors (Lipinski definition) is 2. The summed E-state index contributed by atoms with van der Waals surface area (Å²) in [7, 11) is 0. The van der Waals surface area contributed by atoms with Gasteiger partial charge < -0.3 is 14.8 Å². The standard InChI is InChI=1S/C17H19N3O2S/c1-10-7-8-20-9-11(12-5-6-13(23-12)16(21)22)18-15(20)14(10)19-17(2,3)4/h5-9,19H,1-4H3,(H,21,22). The zero-order chi connectivity index (χ0) is 16.8. The first kappa shape index (κ1) is 15.6. The number of hydrogen-bond acceptors (Lipinski definition) is 4. The summed E-state index contributed by atoms with van der Waals surface area (Å²) in [5.41, 5.74) is 3.69. The van der Waals surface area contributed by atoms with Gasteiger partial charge in [-0.2, -0.15) is 0 Å². The topological polar surface area (TPSA) is 66.6 Å². The third kappa shape index (κ3) is 3.07. The predicted molar refractivity (Wildman–Crippen MR) is 93.6 cm³/mol. The Bertz CT molecular complexity index is 887. The number of nitrogens with one attached hydrogen (secondary N) is 1. The SMILES string of the molecule is Cc1ccn2cc(-c3ccc(C(=O)O)s3)nc2c1NC(C)(C)C. The molecule has 0 bridgehead atoms. The molecule has 0 aromatic carbocycles. The molecule has 3 heterocycles. The highest BCUT2D eigenvalue weighted by molar-refractivity contribution is 7.17. The summed E-state index contributed by atoms with van der Waals surface area (Å²) >= 11 is 1.24. The van der Waals surface area contributed by atoms with Crippen molar-refractivity contribution in [1.29, 1.82) is 0 Å². The van der Waals surface area contributed by atoms with Crippen molar-refractivity contribution in [3.8, 4) is 10.6 Å². The molecule has 0 unspecified atom stereocenters. The average Bonchev–Trinajstić information content (AvgIpc) is 3.06. The van der Waals surface area contributed by atoms with Gasteiger partial charge in [0, 0.05) is 17.9 Å². The van der Waals surface area contributed by atoms with Crippen LogP contribution in [0.3, 0.4) is 0 Å². The smallest absolute Gasteiger partial charge is 0.345 e. The second-order valence-electron chi connectivity index (χ2n) is 6.57. The number of anilines is 1. The fraction of sp³-hybridized carbons (Fsp3) is 0.294. The maximum absolute atomic E-state index is 11.0. The molecule has 0 aliphatic heterocycles. The van der Waals surface area contributed by atoms with Crippen LogP contribution in [0.15, 0.2) is 30.6 Å². The van der Waals surface area contributed by atoms with Gasteiger partial charge >= 0.3 is 5.97 Å². The number of nitrogens with zero attached hydrogens (tertiary/aromatic N) is 2. The van der Waals surface area contributed by atoms with Crippen molar-refractivity contribution in [2.75, 3.05) is 5.32 Å². The van der Waals surface area contributed by atoms with Gasteiger partial charge in [-0.3, -0.25) is 0 Å². The maximum Gasteiger partial charge on any atom is 0.345 e. The lowest BCUT2D eigenvalue weighted by atomic mass is 10.1. The first-order valence-electron chi connectivity index (χ1n) is 7.34. The molecule has 0 atom stereocenters. The van der Waals surface area contributed by atoms with E-state index in [2.05, 4.69) is 33.0 Å². The van der Waals surface area contributed by atoms with Crippen LogP contribution >= 0.6 is 11.3 Å². The Morgan fingerprint density at radius 3 is 2.65 bits per heavy atom. The summed E-state index contributed by atoms with van der Waals surface area (Å²) in [4.78, 5) is 16.9. The monoisotopic (exact) mass is 329 g/mol. The Labute approximate surface area is 138 Å². The molecule has 0 aliphatic carbocycles. The van der Waals surface area contributed by atoms with E-state index in [0.717, 1.165) is 27.5 Å². The number of rotatable bonds is 3. The number of imidazole rings is 1. The lowest BCUT2D eigenvalue weighted by Gasteiger charge is -2.23. The highest BCUT2D eigenvalue weighted by Crippen LogP contribution is 2.31. The van der Waals surface area contributed by atoms with Crippen molar-refractivity contribution in [1.82, 2.24) is 9.38 Å². The molecular formula is C17H19N3O2S. The molecule has 0 saturated heterocycles. The first-order valence-corrected chi connectivity index (χ1v) is 8.16. The van der Waals surface area contributed by atoms with E-state index in [1.54, 1.807) is 12.1 Å². The van der Waals surface area contributed by atoms with Crippen molar-refractivity contribution in [2.24, 2.45) is 0 Å². The number of pyridine rings is 1. The summed E-state index contributed by atoms with van der Waals surface area (Å²) in [6.07, 6.45) is 3.90. The van der Waals surface area contributed by atoms with E-state index in [4.69, 9.17) is 10.1 Å². The molecule has 5 nitrogen and oxygen atoms in total. The van der Waals surface area contributed by atoms with Crippen molar-refractivity contribution >= 4 is 28.6 Å². The lowest BCUT2D eigenvalue weighted by Crippen LogP contribution is -2.27. The summed E-state index contributed by atoms with van der Waals surface area (Å²) in [6, 6.07) is 5.47. The molecule has 3 aromatic heterocycles. The van der Waals surface area contributed by atoms with Gasteiger partial charge in [0.05, 0.1) is 16.3 Å². The van der Waals surface area contributed by atoms with Crippen molar-refractivity contribution in [3.63, 3.8) is 0 Å². The van der Waals surface area contributed by atoms with Crippen LogP contribution in [0.4, 0.5) is 5.69 Å². The fourth-order valence-electron chi connectivity index (χ4n) is 2.38. The normalized spacial score (nSPS) is 11.8. The molecule has 0 fully saturated rings. The second-order valence-corrected chi connectivity index (χ2v) is 7.66. The van der Waals surface area contributed by atoms with Crippen molar-refractivity contribution < 1.29 is 9.90 Å². The van der Waals surface area contributed by atoms with E-state index in [9.17, 15) is 4.79 Å². The van der Waals surface area contributed by atoms with Crippen LogP contribution in [0.2, 0.25) is 0 Å². The van der Waals surface area contributed by atoms with Crippen molar-refractivity contribution in [2.45, 2.75) is 33.2 Å². The van der Waals surface area contributed by atoms with Crippen LogP contribution < -0.4 is 5.32 Å². The van der Waals surface area contributed by atoms with Crippen LogP contribution in [0.25, 0.3) is 16.2 Å². The summed E-state index contributed by atoms with van der Waals surface area (Å²) in [5.74, 6) is -0.907. The zero-order valence-corrected chi connectivity index (χ0v) is 14.4. The molecule has 3 rings (SSSR count). The molecule has 0 spiro atoms. The van der Waals surface area contributed by atoms with Crippen LogP contribution in [0.1, 0.15) is 36.0 Å². The number of thiophene rings is 1. The number of aromatic nitrogens is 2. The molecule has 2 N–H and O–H groups in total. The lowest BCUT2D eigenvalue weighted by molar-refractivity contribution is 0.0702. The highest BCUT2D eigenvalue weighted by Gasteiger charge is 2.17. The minimum atomic E-state index is -0.907. The zero-order valence-electron chi connectivity index (χ0n) is 13.5. The Balaban J connectivity index is 2.11. The maximum atomic E-state index is 11.0. The number of aromatic carboxylic acids is 1. The van der Waals surface area contributed by atoms with Crippen LogP contribution in [-0.2, 0) is 0 Å². The molecule has 0 aliphatic rings. The average molecular weight is 329 g/mol. The Kier molecular flexibility index (Phi) is 3.64. The fourth-order valence-corrected chi connectivity index (χ4v) is 3.18. The van der Waals surface area contributed by atoms with Crippen LogP contribution in [0, 0.1) is 6.92 Å². The number of carbonyl (C=O) groups is 1. The third-order valence-electron chi connectivity index (χ3n) is 3.40. The van der Waals surface area contributed by atoms with E-state index < -0.39 is 5.97 Å². The first-order chi connectivity index (χ1) is 10.7. The van der Waals surface area contributed by atoms with Gasteiger partial charge in [0.2, 0.25) is 0 Å². The van der Waals surface area contributed by atoms with E-state index in [1.165, 1.54) is 11.3 Å². The molecule has 6 heteroatoms. The number of carboxylic acid groups (broad SMARTS) is 1. The molecule has 120 valence electrons. The van der Waals surface area contributed by atoms with Gasteiger partial charge in [-0.15, -0.1) is 11.3 Å². The Morgan fingerprint density at radius 2 is 2.04 bits per heavy atom. The molecule has 3 aromatic rings. The van der Waals surface area contributed by atoms with E-state index in [1.807, 2.05) is 22.9 Å². The van der Waals surface area contributed by atoms with Crippen LogP contribution in [0.5, 0.6) is 0 Å². The molecule has 0 radical (unpaired) electrons. The molecule has 0 amide bonds. The van der Waals surface area contributed by atoms with Gasteiger partial charge in [-0.05, 0) is 51.5 Å². The molecular weight excluding hydrogens is 310 g/mol. The van der Waals surface area contributed by atoms with Gasteiger partial charge in [-0.1, -0.05) is 0 Å². The van der Waals surface area contributed by atoms with Gasteiger partial charge in [0.15, 0.2) is 5.65 Å². The van der Waals surface area contributed by atoms with Gasteiger partial charge in [0.25, 0.3) is 0 Å². The van der Waals surface area contributed by atoms with E-state index in [0.29, 0.717) is 4.88 Å². The highest BCUT2D eigenvalue weighted by atomic mass is 32.1. The number of carboxylic acids is 1. The molecule has 23 heavy (non-hydrogen) atoms.